The first kappa shape index (κ1) is 16.5. The summed E-state index contributed by atoms with van der Waals surface area (Å²) in [5.74, 6) is 0.695. The van der Waals surface area contributed by atoms with Crippen LogP contribution in [0, 0.1) is 20.8 Å². The molecule has 3 aromatic rings. The normalized spacial score (nSPS) is 15.5. The fourth-order valence-electron chi connectivity index (χ4n) is 3.15. The number of aryl methyl sites for hydroxylation is 3. The van der Waals surface area contributed by atoms with Gasteiger partial charge in [-0.2, -0.15) is 9.40 Å². The highest BCUT2D eigenvalue weighted by molar-refractivity contribution is 7.91. The van der Waals surface area contributed by atoms with E-state index in [2.05, 4.69) is 10.3 Å². The third kappa shape index (κ3) is 2.72. The number of hydrogen-bond donors (Lipinski definition) is 0. The third-order valence-corrected chi connectivity index (χ3v) is 7.76. The molecule has 9 heteroatoms. The average Bonchev–Trinajstić information content (AvgIpc) is 3.24. The molecule has 25 heavy (non-hydrogen) atoms. The summed E-state index contributed by atoms with van der Waals surface area (Å²) in [6, 6.07) is 5.42. The van der Waals surface area contributed by atoms with Crippen LogP contribution in [0.15, 0.2) is 26.9 Å². The van der Waals surface area contributed by atoms with Crippen molar-refractivity contribution in [3.8, 4) is 10.4 Å². The van der Waals surface area contributed by atoms with Gasteiger partial charge in [0, 0.05) is 11.4 Å². The standard InChI is InChI=1S/C16H18N4O3S2/c1-10-8-13-9-19(6-7-20(13)17-10)25(21,22)15-5-4-14(24-15)16-11(2)18-23-12(16)3/h4-5,8H,6-7,9H2,1-3H3. The molecule has 0 radical (unpaired) electrons. The minimum atomic E-state index is -3.53. The maximum atomic E-state index is 13.0. The van der Waals surface area contributed by atoms with Crippen LogP contribution in [0.4, 0.5) is 0 Å². The quantitative estimate of drug-likeness (QED) is 0.700. The number of aromatic nitrogens is 3. The van der Waals surface area contributed by atoms with Gasteiger partial charge in [0.1, 0.15) is 9.97 Å². The molecule has 0 fully saturated rings. The van der Waals surface area contributed by atoms with Gasteiger partial charge in [0.15, 0.2) is 0 Å². The van der Waals surface area contributed by atoms with E-state index in [1.807, 2.05) is 37.6 Å². The van der Waals surface area contributed by atoms with Gasteiger partial charge < -0.3 is 4.52 Å². The van der Waals surface area contributed by atoms with E-state index in [4.69, 9.17) is 4.52 Å². The lowest BCUT2D eigenvalue weighted by Gasteiger charge is -2.26. The van der Waals surface area contributed by atoms with E-state index in [9.17, 15) is 8.42 Å². The maximum absolute atomic E-state index is 13.0. The maximum Gasteiger partial charge on any atom is 0.252 e. The lowest BCUT2D eigenvalue weighted by molar-refractivity contribution is 0.327. The lowest BCUT2D eigenvalue weighted by atomic mass is 10.2. The van der Waals surface area contributed by atoms with Gasteiger partial charge in [-0.1, -0.05) is 5.16 Å². The highest BCUT2D eigenvalue weighted by atomic mass is 32.2. The fraction of sp³-hybridized carbons (Fsp3) is 0.375. The van der Waals surface area contributed by atoms with Gasteiger partial charge in [-0.3, -0.25) is 4.68 Å². The zero-order valence-electron chi connectivity index (χ0n) is 14.2. The van der Waals surface area contributed by atoms with E-state index in [1.54, 1.807) is 6.07 Å². The second-order valence-electron chi connectivity index (χ2n) is 6.16. The fourth-order valence-corrected chi connectivity index (χ4v) is 6.15. The molecular formula is C16H18N4O3S2. The van der Waals surface area contributed by atoms with Gasteiger partial charge in [-0.15, -0.1) is 11.3 Å². The molecule has 4 rings (SSSR count). The Balaban J connectivity index is 1.66. The molecule has 0 N–H and O–H groups in total. The van der Waals surface area contributed by atoms with Crippen LogP contribution in [0.25, 0.3) is 10.4 Å². The zero-order valence-corrected chi connectivity index (χ0v) is 15.8. The molecule has 132 valence electrons. The third-order valence-electron chi connectivity index (χ3n) is 4.34. The summed E-state index contributed by atoms with van der Waals surface area (Å²) >= 11 is 1.25. The summed E-state index contributed by atoms with van der Waals surface area (Å²) in [5.41, 5.74) is 3.47. The topological polar surface area (TPSA) is 81.2 Å². The van der Waals surface area contributed by atoms with E-state index in [0.717, 1.165) is 27.5 Å². The van der Waals surface area contributed by atoms with Gasteiger partial charge in [0.05, 0.1) is 35.7 Å². The van der Waals surface area contributed by atoms with Gasteiger partial charge in [0.25, 0.3) is 10.0 Å². The van der Waals surface area contributed by atoms with Crippen LogP contribution in [0.1, 0.15) is 22.8 Å². The van der Waals surface area contributed by atoms with Crippen molar-refractivity contribution in [3.63, 3.8) is 0 Å². The number of nitrogens with zero attached hydrogens (tertiary/aromatic N) is 4. The van der Waals surface area contributed by atoms with Crippen LogP contribution in [-0.2, 0) is 23.1 Å². The second-order valence-corrected chi connectivity index (χ2v) is 9.41. The molecule has 0 saturated heterocycles. The van der Waals surface area contributed by atoms with Crippen LogP contribution < -0.4 is 0 Å². The van der Waals surface area contributed by atoms with Crippen molar-refractivity contribution in [3.05, 3.63) is 41.0 Å². The molecule has 0 spiro atoms. The van der Waals surface area contributed by atoms with E-state index in [1.165, 1.54) is 15.6 Å². The second kappa shape index (κ2) is 5.79. The Morgan fingerprint density at radius 1 is 1.20 bits per heavy atom. The smallest absolute Gasteiger partial charge is 0.252 e. The first-order chi connectivity index (χ1) is 11.9. The summed E-state index contributed by atoms with van der Waals surface area (Å²) in [7, 11) is -3.53. The molecular weight excluding hydrogens is 360 g/mol. The summed E-state index contributed by atoms with van der Waals surface area (Å²) in [6.45, 7) is 6.95. The monoisotopic (exact) mass is 378 g/mol. The Morgan fingerprint density at radius 2 is 2.00 bits per heavy atom. The molecule has 0 aromatic carbocycles. The molecule has 3 aromatic heterocycles. The van der Waals surface area contributed by atoms with Crippen molar-refractivity contribution < 1.29 is 12.9 Å². The molecule has 0 amide bonds. The Morgan fingerprint density at radius 3 is 2.72 bits per heavy atom. The minimum Gasteiger partial charge on any atom is -0.361 e. The highest BCUT2D eigenvalue weighted by Crippen LogP contribution is 2.36. The van der Waals surface area contributed by atoms with Crippen molar-refractivity contribution in [2.24, 2.45) is 0 Å². The molecule has 0 saturated carbocycles. The molecule has 0 atom stereocenters. The summed E-state index contributed by atoms with van der Waals surface area (Å²) < 4.78 is 35.0. The van der Waals surface area contributed by atoms with Crippen molar-refractivity contribution >= 4 is 21.4 Å². The molecule has 0 unspecified atom stereocenters. The van der Waals surface area contributed by atoms with E-state index in [0.29, 0.717) is 29.6 Å². The van der Waals surface area contributed by atoms with Crippen molar-refractivity contribution in [1.82, 2.24) is 19.2 Å². The SMILES string of the molecule is Cc1cc2n(n1)CCN(S(=O)(=O)c1ccc(-c3c(C)noc3C)s1)C2. The van der Waals surface area contributed by atoms with Gasteiger partial charge >= 0.3 is 0 Å². The molecule has 0 bridgehead atoms. The Hall–Kier alpha value is -1.97. The van der Waals surface area contributed by atoms with E-state index >= 15 is 0 Å². The Labute approximate surface area is 149 Å². The van der Waals surface area contributed by atoms with Crippen molar-refractivity contribution in [1.29, 1.82) is 0 Å². The predicted octanol–water partition coefficient (Wildman–Crippen LogP) is 2.73. The van der Waals surface area contributed by atoms with Gasteiger partial charge in [-0.25, -0.2) is 8.42 Å². The minimum absolute atomic E-state index is 0.340. The predicted molar refractivity (Wildman–Crippen MR) is 93.8 cm³/mol. The largest absolute Gasteiger partial charge is 0.361 e. The molecule has 4 heterocycles. The number of fused-ring (bicyclic) bond motifs is 1. The first-order valence-corrected chi connectivity index (χ1v) is 10.2. The van der Waals surface area contributed by atoms with Crippen LogP contribution >= 0.6 is 11.3 Å². The van der Waals surface area contributed by atoms with E-state index in [-0.39, 0.29) is 0 Å². The molecule has 7 nitrogen and oxygen atoms in total. The number of sulfonamides is 1. The van der Waals surface area contributed by atoms with Crippen molar-refractivity contribution in [2.45, 2.75) is 38.1 Å². The Bertz CT molecular complexity index is 1030. The summed E-state index contributed by atoms with van der Waals surface area (Å²) in [6.07, 6.45) is 0. The number of thiophene rings is 1. The molecule has 1 aliphatic heterocycles. The van der Waals surface area contributed by atoms with Gasteiger partial charge in [-0.05, 0) is 39.0 Å². The van der Waals surface area contributed by atoms with Gasteiger partial charge in [0.2, 0.25) is 0 Å². The molecule has 1 aliphatic rings. The lowest BCUT2D eigenvalue weighted by Crippen LogP contribution is -2.38. The average molecular weight is 378 g/mol. The highest BCUT2D eigenvalue weighted by Gasteiger charge is 2.30. The Kier molecular flexibility index (Phi) is 3.82. The van der Waals surface area contributed by atoms with Crippen LogP contribution in [0.5, 0.6) is 0 Å². The molecule has 0 aliphatic carbocycles. The summed E-state index contributed by atoms with van der Waals surface area (Å²) in [4.78, 5) is 0.854. The van der Waals surface area contributed by atoms with Crippen LogP contribution in [0.2, 0.25) is 0 Å². The zero-order chi connectivity index (χ0) is 17.8. The van der Waals surface area contributed by atoms with Crippen LogP contribution in [-0.4, -0.2) is 34.2 Å². The van der Waals surface area contributed by atoms with Crippen LogP contribution in [0.3, 0.4) is 0 Å². The summed E-state index contributed by atoms with van der Waals surface area (Å²) in [5, 5.41) is 8.32. The van der Waals surface area contributed by atoms with Crippen molar-refractivity contribution in [2.75, 3.05) is 6.54 Å². The van der Waals surface area contributed by atoms with E-state index < -0.39 is 10.0 Å². The number of hydrogen-bond acceptors (Lipinski definition) is 6. The number of rotatable bonds is 3. The first-order valence-electron chi connectivity index (χ1n) is 7.93.